The molecule has 1 N–H and O–H groups in total. The van der Waals surface area contributed by atoms with E-state index in [0.29, 0.717) is 11.3 Å². The molecule has 3 aromatic carbocycles. The minimum absolute atomic E-state index is 0.0819. The van der Waals surface area contributed by atoms with E-state index in [2.05, 4.69) is 0 Å². The van der Waals surface area contributed by atoms with E-state index in [1.807, 2.05) is 107 Å². The molecular weight excluding hydrogens is 488 g/mol. The summed E-state index contributed by atoms with van der Waals surface area (Å²) in [7, 11) is 3.56. The number of amides is 1. The van der Waals surface area contributed by atoms with Gasteiger partial charge >= 0.3 is 0 Å². The van der Waals surface area contributed by atoms with E-state index < -0.39 is 17.7 Å². The molecule has 0 saturated carbocycles. The number of carbonyl (C=O) groups is 2. The highest BCUT2D eigenvalue weighted by molar-refractivity contribution is 6.52. The number of aromatic nitrogens is 1. The van der Waals surface area contributed by atoms with Crippen molar-refractivity contribution >= 4 is 34.0 Å². The molecular formula is C33H34N2O4. The van der Waals surface area contributed by atoms with Gasteiger partial charge in [0.2, 0.25) is 0 Å². The first-order valence-corrected chi connectivity index (χ1v) is 13.2. The number of para-hydroxylation sites is 1. The normalized spacial score (nSPS) is 17.0. The number of carbonyl (C=O) groups excluding carboxylic acids is 2. The van der Waals surface area contributed by atoms with E-state index in [1.54, 1.807) is 7.11 Å². The summed E-state index contributed by atoms with van der Waals surface area (Å²) in [6.45, 7) is 9.90. The van der Waals surface area contributed by atoms with Crippen molar-refractivity contribution in [3.05, 3.63) is 99.7 Å². The number of hydrogen-bond acceptors (Lipinski definition) is 4. The molecule has 1 amide bonds. The highest BCUT2D eigenvalue weighted by atomic mass is 16.5. The highest BCUT2D eigenvalue weighted by Crippen LogP contribution is 2.46. The molecule has 6 heteroatoms. The molecule has 1 aromatic heterocycles. The summed E-state index contributed by atoms with van der Waals surface area (Å²) in [5, 5.41) is 12.8. The van der Waals surface area contributed by atoms with Gasteiger partial charge in [0, 0.05) is 41.0 Å². The lowest BCUT2D eigenvalue weighted by atomic mass is 9.90. The van der Waals surface area contributed by atoms with Crippen LogP contribution in [0.2, 0.25) is 0 Å². The predicted octanol–water partition coefficient (Wildman–Crippen LogP) is 6.86. The zero-order chi connectivity index (χ0) is 28.2. The lowest BCUT2D eigenvalue weighted by Crippen LogP contribution is -2.29. The minimum atomic E-state index is -0.804. The van der Waals surface area contributed by atoms with Crippen LogP contribution in [0, 0.1) is 20.8 Å². The lowest BCUT2D eigenvalue weighted by Gasteiger charge is -2.26. The Hall–Kier alpha value is -4.32. The third-order valence-corrected chi connectivity index (χ3v) is 7.61. The van der Waals surface area contributed by atoms with Crippen molar-refractivity contribution in [2.24, 2.45) is 7.05 Å². The van der Waals surface area contributed by atoms with Gasteiger partial charge in [-0.2, -0.15) is 0 Å². The number of aliphatic hydroxyl groups is 1. The van der Waals surface area contributed by atoms with Gasteiger partial charge in [0.15, 0.2) is 0 Å². The summed E-state index contributed by atoms with van der Waals surface area (Å²) in [6, 6.07) is 16.7. The highest BCUT2D eigenvalue weighted by Gasteiger charge is 2.48. The Morgan fingerprint density at radius 1 is 0.974 bits per heavy atom. The topological polar surface area (TPSA) is 71.8 Å². The van der Waals surface area contributed by atoms with Crippen molar-refractivity contribution in [3.63, 3.8) is 0 Å². The van der Waals surface area contributed by atoms with Gasteiger partial charge in [-0.05, 0) is 79.3 Å². The Morgan fingerprint density at radius 3 is 2.28 bits per heavy atom. The molecule has 0 spiro atoms. The Morgan fingerprint density at radius 2 is 1.64 bits per heavy atom. The third kappa shape index (κ3) is 4.30. The maximum Gasteiger partial charge on any atom is 0.300 e. The zero-order valence-corrected chi connectivity index (χ0v) is 23.5. The molecule has 0 radical (unpaired) electrons. The van der Waals surface area contributed by atoms with Crippen LogP contribution in [-0.2, 0) is 16.6 Å². The summed E-state index contributed by atoms with van der Waals surface area (Å²) in [4.78, 5) is 29.1. The second-order valence-corrected chi connectivity index (χ2v) is 10.8. The van der Waals surface area contributed by atoms with Crippen LogP contribution in [-0.4, -0.2) is 28.5 Å². The van der Waals surface area contributed by atoms with Crippen molar-refractivity contribution < 1.29 is 19.4 Å². The molecule has 2 heterocycles. The number of hydrogen-bond donors (Lipinski definition) is 1. The number of anilines is 1. The number of methoxy groups -OCH3 is 1. The Kier molecular flexibility index (Phi) is 6.59. The summed E-state index contributed by atoms with van der Waals surface area (Å²) in [5.74, 6) is -0.695. The Labute approximate surface area is 229 Å². The molecule has 1 atom stereocenters. The molecule has 0 aliphatic carbocycles. The first-order valence-electron chi connectivity index (χ1n) is 13.2. The molecule has 39 heavy (non-hydrogen) atoms. The Balaban J connectivity index is 1.84. The number of Topliss-reactive ketones (excluding diaryl/α,β-unsaturated/α-hetero) is 1. The number of ketones is 1. The molecule has 1 fully saturated rings. The van der Waals surface area contributed by atoms with Gasteiger partial charge in [0.05, 0.1) is 18.7 Å². The van der Waals surface area contributed by atoms with Crippen LogP contribution >= 0.6 is 0 Å². The first-order chi connectivity index (χ1) is 18.5. The molecule has 1 unspecified atom stereocenters. The van der Waals surface area contributed by atoms with Crippen LogP contribution in [0.25, 0.3) is 16.7 Å². The van der Waals surface area contributed by atoms with Gasteiger partial charge in [-0.15, -0.1) is 0 Å². The van der Waals surface area contributed by atoms with Crippen molar-refractivity contribution in [2.45, 2.75) is 46.6 Å². The van der Waals surface area contributed by atoms with Gasteiger partial charge in [-0.1, -0.05) is 38.1 Å². The summed E-state index contributed by atoms with van der Waals surface area (Å²) >= 11 is 0. The monoisotopic (exact) mass is 522 g/mol. The zero-order valence-electron chi connectivity index (χ0n) is 23.5. The van der Waals surface area contributed by atoms with Gasteiger partial charge in [0.1, 0.15) is 11.5 Å². The van der Waals surface area contributed by atoms with Crippen LogP contribution < -0.4 is 9.64 Å². The van der Waals surface area contributed by atoms with Crippen molar-refractivity contribution in [1.29, 1.82) is 0 Å². The number of ether oxygens (including phenoxy) is 1. The van der Waals surface area contributed by atoms with Gasteiger partial charge in [-0.25, -0.2) is 0 Å². The van der Waals surface area contributed by atoms with E-state index in [9.17, 15) is 14.7 Å². The second kappa shape index (κ2) is 9.77. The fourth-order valence-corrected chi connectivity index (χ4v) is 5.80. The van der Waals surface area contributed by atoms with Gasteiger partial charge < -0.3 is 14.4 Å². The second-order valence-electron chi connectivity index (χ2n) is 10.8. The predicted molar refractivity (Wildman–Crippen MR) is 155 cm³/mol. The van der Waals surface area contributed by atoms with E-state index in [-0.39, 0.29) is 17.3 Å². The van der Waals surface area contributed by atoms with Crippen LogP contribution in [0.4, 0.5) is 5.69 Å². The Bertz CT molecular complexity index is 1650. The minimum Gasteiger partial charge on any atom is -0.507 e. The van der Waals surface area contributed by atoms with E-state index >= 15 is 0 Å². The summed E-state index contributed by atoms with van der Waals surface area (Å²) in [5.41, 5.74) is 6.61. The first kappa shape index (κ1) is 26.3. The summed E-state index contributed by atoms with van der Waals surface area (Å²) in [6.07, 6.45) is 1.95. The molecule has 4 aromatic rings. The van der Waals surface area contributed by atoms with Crippen molar-refractivity contribution in [1.82, 2.24) is 4.57 Å². The van der Waals surface area contributed by atoms with Crippen LogP contribution in [0.5, 0.6) is 5.75 Å². The summed E-state index contributed by atoms with van der Waals surface area (Å²) < 4.78 is 7.58. The average Bonchev–Trinajstić information content (AvgIpc) is 3.35. The molecule has 200 valence electrons. The smallest absolute Gasteiger partial charge is 0.300 e. The quantitative estimate of drug-likeness (QED) is 0.177. The van der Waals surface area contributed by atoms with Crippen molar-refractivity contribution in [2.75, 3.05) is 12.0 Å². The number of nitrogens with zero attached hydrogens (tertiary/aromatic N) is 2. The third-order valence-electron chi connectivity index (χ3n) is 7.61. The maximum absolute atomic E-state index is 13.8. The average molecular weight is 523 g/mol. The largest absolute Gasteiger partial charge is 0.507 e. The van der Waals surface area contributed by atoms with Gasteiger partial charge in [-0.3, -0.25) is 14.5 Å². The molecule has 1 aliphatic heterocycles. The number of rotatable bonds is 5. The number of benzene rings is 3. The number of aryl methyl sites for hydroxylation is 4. The van der Waals surface area contributed by atoms with E-state index in [1.165, 1.54) is 4.90 Å². The SMILES string of the molecule is COc1cc(C)c(/C(O)=C2\C(=O)C(=O)N(c3cc(C)cc(C)c3)C2c2cn(C)c3ccccc23)cc1C(C)C. The molecule has 1 aliphatic rings. The fraction of sp³-hybridized carbons (Fsp3) is 0.273. The van der Waals surface area contributed by atoms with E-state index in [4.69, 9.17) is 4.74 Å². The van der Waals surface area contributed by atoms with Crippen LogP contribution in [0.1, 0.15) is 59.2 Å². The van der Waals surface area contributed by atoms with E-state index in [0.717, 1.165) is 44.5 Å². The molecule has 6 nitrogen and oxygen atoms in total. The van der Waals surface area contributed by atoms with Crippen LogP contribution in [0.3, 0.4) is 0 Å². The van der Waals surface area contributed by atoms with Crippen LogP contribution in [0.15, 0.2) is 66.4 Å². The molecule has 0 bridgehead atoms. The van der Waals surface area contributed by atoms with Gasteiger partial charge in [0.25, 0.3) is 11.7 Å². The maximum atomic E-state index is 13.8. The fourth-order valence-electron chi connectivity index (χ4n) is 5.80. The van der Waals surface area contributed by atoms with Crippen molar-refractivity contribution in [3.8, 4) is 5.75 Å². The number of fused-ring (bicyclic) bond motifs is 1. The standard InChI is InChI=1S/C33H34N2O4/c1-18(2)24-16-25(21(5)15-28(24)39-7)31(36)29-30(26-17-34(6)27-11-9-8-10-23(26)27)35(33(38)32(29)37)22-13-19(3)12-20(4)14-22/h8-18,30,36H,1-7H3/b31-29+. The molecule has 5 rings (SSSR count). The number of aliphatic hydroxyl groups excluding tert-OH is 1. The molecule has 1 saturated heterocycles. The lowest BCUT2D eigenvalue weighted by molar-refractivity contribution is -0.132.